The van der Waals surface area contributed by atoms with Crippen LogP contribution in [0, 0.1) is 0 Å². The van der Waals surface area contributed by atoms with Gasteiger partial charge in [0, 0.05) is 22.4 Å². The van der Waals surface area contributed by atoms with Crippen molar-refractivity contribution in [3.05, 3.63) is 199 Å². The van der Waals surface area contributed by atoms with E-state index in [-0.39, 0.29) is 5.92 Å². The van der Waals surface area contributed by atoms with E-state index in [1.165, 1.54) is 88.3 Å². The van der Waals surface area contributed by atoms with E-state index < -0.39 is 0 Å². The lowest BCUT2D eigenvalue weighted by Gasteiger charge is -2.18. The monoisotopic (exact) mass is 609 g/mol. The van der Waals surface area contributed by atoms with E-state index in [4.69, 9.17) is 0 Å². The Hall–Kier alpha value is -6.18. The smallest absolute Gasteiger partial charge is 0.0541 e. The second kappa shape index (κ2) is 10.7. The molecule has 1 aliphatic rings. The minimum absolute atomic E-state index is 0.170. The van der Waals surface area contributed by atoms with Crippen LogP contribution in [-0.2, 0) is 0 Å². The summed E-state index contributed by atoms with van der Waals surface area (Å²) in [7, 11) is 0. The molecule has 0 radical (unpaired) electrons. The molecule has 0 saturated carbocycles. The van der Waals surface area contributed by atoms with Crippen LogP contribution in [0.5, 0.6) is 0 Å². The van der Waals surface area contributed by atoms with Gasteiger partial charge in [0.1, 0.15) is 0 Å². The van der Waals surface area contributed by atoms with Crippen LogP contribution in [0.25, 0.3) is 71.6 Å². The molecule has 9 aromatic rings. The predicted octanol–water partition coefficient (Wildman–Crippen LogP) is 12.4. The summed E-state index contributed by atoms with van der Waals surface area (Å²) in [5, 5.41) is 5.11. The van der Waals surface area contributed by atoms with Gasteiger partial charge in [-0.2, -0.15) is 0 Å². The lowest BCUT2D eigenvalue weighted by molar-refractivity contribution is 1.02. The molecule has 1 unspecified atom stereocenters. The lowest BCUT2D eigenvalue weighted by atomic mass is 9.85. The van der Waals surface area contributed by atoms with Gasteiger partial charge in [-0.1, -0.05) is 140 Å². The highest BCUT2D eigenvalue weighted by Crippen LogP contribution is 2.50. The van der Waals surface area contributed by atoms with Gasteiger partial charge in [-0.3, -0.25) is 0 Å². The summed E-state index contributed by atoms with van der Waals surface area (Å²) in [6, 6.07) is 66.9. The summed E-state index contributed by atoms with van der Waals surface area (Å²) < 4.78 is 2.38. The number of hydrogen-bond donors (Lipinski definition) is 0. The zero-order valence-electron chi connectivity index (χ0n) is 26.3. The van der Waals surface area contributed by atoms with Crippen molar-refractivity contribution in [2.24, 2.45) is 0 Å². The predicted molar refractivity (Wildman–Crippen MR) is 202 cm³/mol. The number of aromatic nitrogens is 1. The van der Waals surface area contributed by atoms with E-state index in [1.54, 1.807) is 0 Å². The largest absolute Gasteiger partial charge is 0.309 e. The fraction of sp³-hybridized carbons (Fsp3) is 0.0213. The van der Waals surface area contributed by atoms with Crippen molar-refractivity contribution in [1.29, 1.82) is 0 Å². The van der Waals surface area contributed by atoms with E-state index >= 15 is 0 Å². The Kier molecular flexibility index (Phi) is 6.01. The van der Waals surface area contributed by atoms with E-state index in [2.05, 4.69) is 187 Å². The highest BCUT2D eigenvalue weighted by molar-refractivity contribution is 6.10. The van der Waals surface area contributed by atoms with Crippen LogP contribution in [0.15, 0.2) is 182 Å². The zero-order chi connectivity index (χ0) is 31.6. The lowest BCUT2D eigenvalue weighted by Crippen LogP contribution is -2.00. The molecule has 0 fully saturated rings. The summed E-state index contributed by atoms with van der Waals surface area (Å²) in [6.45, 7) is 0. The molecular weight excluding hydrogens is 579 g/mol. The summed E-state index contributed by atoms with van der Waals surface area (Å²) >= 11 is 0. The standard InChI is InChI=1S/C47H31N/c1-3-13-31(14-4-1)42-30-35(27-34-15-7-8-18-37(34)42)47-40-21-10-9-19-38(40)43-28-32(23-25-41(43)47)33-24-26-46-44(29-33)39-20-11-12-22-45(39)48(46)36-16-5-2-6-17-36/h1-30,47H. The Morgan fingerprint density at radius 2 is 1.00 bits per heavy atom. The first-order chi connectivity index (χ1) is 23.8. The zero-order valence-corrected chi connectivity index (χ0v) is 26.3. The van der Waals surface area contributed by atoms with Crippen molar-refractivity contribution < 1.29 is 0 Å². The molecule has 224 valence electrons. The van der Waals surface area contributed by atoms with E-state index in [9.17, 15) is 0 Å². The van der Waals surface area contributed by atoms with Gasteiger partial charge in [-0.25, -0.2) is 0 Å². The molecule has 0 N–H and O–H groups in total. The molecule has 1 heterocycles. The number of fused-ring (bicyclic) bond motifs is 7. The first-order valence-corrected chi connectivity index (χ1v) is 16.7. The van der Waals surface area contributed by atoms with Crippen LogP contribution < -0.4 is 0 Å². The van der Waals surface area contributed by atoms with Gasteiger partial charge >= 0.3 is 0 Å². The average molecular weight is 610 g/mol. The Morgan fingerprint density at radius 3 is 1.88 bits per heavy atom. The van der Waals surface area contributed by atoms with Crippen LogP contribution in [0.1, 0.15) is 22.6 Å². The van der Waals surface area contributed by atoms with E-state index in [0.29, 0.717) is 0 Å². The third kappa shape index (κ3) is 4.11. The van der Waals surface area contributed by atoms with Crippen molar-refractivity contribution in [2.45, 2.75) is 5.92 Å². The minimum Gasteiger partial charge on any atom is -0.309 e. The molecule has 1 atom stereocenters. The number of para-hydroxylation sites is 2. The maximum Gasteiger partial charge on any atom is 0.0541 e. The average Bonchev–Trinajstić information content (AvgIpc) is 3.67. The molecule has 0 bridgehead atoms. The summed E-state index contributed by atoms with van der Waals surface area (Å²) in [5.41, 5.74) is 15.4. The van der Waals surface area contributed by atoms with E-state index in [0.717, 1.165) is 0 Å². The fourth-order valence-electron chi connectivity index (χ4n) is 8.11. The topological polar surface area (TPSA) is 4.93 Å². The molecular formula is C47H31N. The summed E-state index contributed by atoms with van der Waals surface area (Å²) in [5.74, 6) is 0.170. The van der Waals surface area contributed by atoms with Crippen LogP contribution in [0.4, 0.5) is 0 Å². The Balaban J connectivity index is 1.14. The second-order valence-corrected chi connectivity index (χ2v) is 12.9. The van der Waals surface area contributed by atoms with Gasteiger partial charge < -0.3 is 4.57 Å². The minimum atomic E-state index is 0.170. The van der Waals surface area contributed by atoms with Crippen LogP contribution in [0.3, 0.4) is 0 Å². The molecule has 0 aliphatic heterocycles. The highest BCUT2D eigenvalue weighted by Gasteiger charge is 2.30. The normalized spacial score (nSPS) is 13.6. The maximum atomic E-state index is 2.43. The molecule has 1 aromatic heterocycles. The Morgan fingerprint density at radius 1 is 0.354 bits per heavy atom. The third-order valence-corrected chi connectivity index (χ3v) is 10.2. The summed E-state index contributed by atoms with van der Waals surface area (Å²) in [4.78, 5) is 0. The molecule has 0 amide bonds. The molecule has 1 nitrogen and oxygen atoms in total. The fourth-order valence-corrected chi connectivity index (χ4v) is 8.11. The number of nitrogens with zero attached hydrogens (tertiary/aromatic N) is 1. The van der Waals surface area contributed by atoms with Crippen LogP contribution >= 0.6 is 0 Å². The Bertz CT molecular complexity index is 2660. The van der Waals surface area contributed by atoms with Crippen molar-refractivity contribution in [3.8, 4) is 39.1 Å². The van der Waals surface area contributed by atoms with Crippen LogP contribution in [0.2, 0.25) is 0 Å². The van der Waals surface area contributed by atoms with Gasteiger partial charge in [0.15, 0.2) is 0 Å². The third-order valence-electron chi connectivity index (χ3n) is 10.2. The maximum absolute atomic E-state index is 2.43. The van der Waals surface area contributed by atoms with Gasteiger partial charge in [-0.15, -0.1) is 0 Å². The SMILES string of the molecule is c1ccc(-c2cc(C3c4ccccc4-c4cc(-c5ccc6c(c5)c5ccccc5n6-c5ccccc5)ccc43)cc3ccccc23)cc1. The molecule has 8 aromatic carbocycles. The van der Waals surface area contributed by atoms with Gasteiger partial charge in [0.05, 0.1) is 11.0 Å². The van der Waals surface area contributed by atoms with Crippen LogP contribution in [-0.4, -0.2) is 4.57 Å². The number of benzene rings is 8. The Labute approximate surface area is 280 Å². The molecule has 1 heteroatoms. The molecule has 0 saturated heterocycles. The van der Waals surface area contributed by atoms with Gasteiger partial charge in [-0.05, 0) is 103 Å². The molecule has 48 heavy (non-hydrogen) atoms. The van der Waals surface area contributed by atoms with Crippen molar-refractivity contribution in [3.63, 3.8) is 0 Å². The first kappa shape index (κ1) is 27.0. The highest BCUT2D eigenvalue weighted by atomic mass is 15.0. The van der Waals surface area contributed by atoms with E-state index in [1.807, 2.05) is 0 Å². The first-order valence-electron chi connectivity index (χ1n) is 16.7. The number of rotatable bonds is 4. The quantitative estimate of drug-likeness (QED) is 0.187. The molecule has 1 aliphatic carbocycles. The van der Waals surface area contributed by atoms with Crippen molar-refractivity contribution >= 4 is 32.6 Å². The number of hydrogen-bond acceptors (Lipinski definition) is 0. The summed E-state index contributed by atoms with van der Waals surface area (Å²) in [6.07, 6.45) is 0. The molecule has 10 rings (SSSR count). The second-order valence-electron chi connectivity index (χ2n) is 12.9. The van der Waals surface area contributed by atoms with Crippen molar-refractivity contribution in [2.75, 3.05) is 0 Å². The van der Waals surface area contributed by atoms with Gasteiger partial charge in [0.25, 0.3) is 0 Å². The molecule has 0 spiro atoms. The van der Waals surface area contributed by atoms with Crippen molar-refractivity contribution in [1.82, 2.24) is 4.57 Å². The van der Waals surface area contributed by atoms with Gasteiger partial charge in [0.2, 0.25) is 0 Å².